The molecule has 0 fully saturated rings. The van der Waals surface area contributed by atoms with E-state index in [-0.39, 0.29) is 11.8 Å². The Hall–Kier alpha value is -4.81. The van der Waals surface area contributed by atoms with E-state index < -0.39 is 0 Å². The molecule has 218 valence electrons. The largest absolute Gasteiger partial charge is 0.274 e. The first kappa shape index (κ1) is 28.0. The maximum Gasteiger partial charge on any atom is 0.261 e. The Morgan fingerprint density at radius 1 is 0.705 bits per heavy atom. The number of para-hydroxylation sites is 1. The molecule has 2 amide bonds. The normalized spacial score (nSPS) is 12.8. The number of hydrogen-bond donors (Lipinski definition) is 0. The van der Waals surface area contributed by atoms with Crippen LogP contribution < -0.4 is 0 Å². The highest BCUT2D eigenvalue weighted by molar-refractivity contribution is 7.18. The molecule has 0 aliphatic carbocycles. The van der Waals surface area contributed by atoms with Crippen LogP contribution >= 0.6 is 11.3 Å². The molecule has 0 bridgehead atoms. The lowest BCUT2D eigenvalue weighted by Crippen LogP contribution is -2.40. The van der Waals surface area contributed by atoms with E-state index in [1.807, 2.05) is 53.2 Å². The summed E-state index contributed by atoms with van der Waals surface area (Å²) in [5.74, 6) is -0.382. The molecule has 0 saturated carbocycles. The van der Waals surface area contributed by atoms with Crippen molar-refractivity contribution in [3.8, 4) is 38.0 Å². The second-order valence-corrected chi connectivity index (χ2v) is 12.5. The van der Waals surface area contributed by atoms with Crippen molar-refractivity contribution in [3.05, 3.63) is 120 Å². The molecule has 0 spiro atoms. The molecule has 2 aromatic heterocycles. The Kier molecular flexibility index (Phi) is 7.44. The molecule has 1 aliphatic heterocycles. The van der Waals surface area contributed by atoms with Crippen molar-refractivity contribution in [1.82, 2.24) is 14.7 Å². The molecule has 5 nitrogen and oxygen atoms in total. The maximum absolute atomic E-state index is 13.5. The van der Waals surface area contributed by atoms with Gasteiger partial charge in [0.25, 0.3) is 11.8 Å². The fourth-order valence-electron chi connectivity index (χ4n) is 6.08. The minimum atomic E-state index is -0.191. The molecule has 7 rings (SSSR count). The van der Waals surface area contributed by atoms with Gasteiger partial charge < -0.3 is 0 Å². The van der Waals surface area contributed by atoms with Gasteiger partial charge in [-0.2, -0.15) is 5.10 Å². The zero-order chi connectivity index (χ0) is 30.2. The lowest BCUT2D eigenvalue weighted by atomic mass is 9.90. The molecular formula is C38H33N3O2S. The molecule has 0 unspecified atom stereocenters. The van der Waals surface area contributed by atoms with Crippen molar-refractivity contribution in [2.24, 2.45) is 0 Å². The Morgan fingerprint density at radius 3 is 2.20 bits per heavy atom. The van der Waals surface area contributed by atoms with Crippen LogP contribution in [0.5, 0.6) is 0 Å². The molecule has 0 N–H and O–H groups in total. The number of rotatable bonds is 9. The van der Waals surface area contributed by atoms with Crippen LogP contribution in [0.4, 0.5) is 0 Å². The number of carbonyl (C=O) groups is 2. The van der Waals surface area contributed by atoms with Crippen LogP contribution in [-0.2, 0) is 0 Å². The number of benzene rings is 4. The van der Waals surface area contributed by atoms with E-state index in [1.54, 1.807) is 11.3 Å². The van der Waals surface area contributed by atoms with Gasteiger partial charge in [0.2, 0.25) is 0 Å². The Balaban J connectivity index is 1.27. The predicted molar refractivity (Wildman–Crippen MR) is 180 cm³/mol. The van der Waals surface area contributed by atoms with E-state index in [9.17, 15) is 9.59 Å². The molecule has 6 aromatic rings. The van der Waals surface area contributed by atoms with Crippen LogP contribution in [0.25, 0.3) is 48.7 Å². The first-order valence-corrected chi connectivity index (χ1v) is 16.1. The van der Waals surface area contributed by atoms with Crippen molar-refractivity contribution < 1.29 is 9.59 Å². The molecule has 3 heterocycles. The highest BCUT2D eigenvalue weighted by atomic mass is 32.1. The monoisotopic (exact) mass is 595 g/mol. The lowest BCUT2D eigenvalue weighted by Gasteiger charge is -2.27. The predicted octanol–water partition coefficient (Wildman–Crippen LogP) is 9.57. The van der Waals surface area contributed by atoms with Crippen LogP contribution in [0.2, 0.25) is 0 Å². The van der Waals surface area contributed by atoms with Crippen LogP contribution in [0.1, 0.15) is 58.9 Å². The van der Waals surface area contributed by atoms with Crippen molar-refractivity contribution >= 4 is 33.9 Å². The summed E-state index contributed by atoms with van der Waals surface area (Å²) in [7, 11) is 0. The van der Waals surface area contributed by atoms with Gasteiger partial charge in [0.05, 0.1) is 16.3 Å². The second-order valence-electron chi connectivity index (χ2n) is 11.4. The number of amides is 2. The van der Waals surface area contributed by atoms with Gasteiger partial charge in [0.15, 0.2) is 0 Å². The van der Waals surface area contributed by atoms with E-state index in [4.69, 9.17) is 5.10 Å². The molecule has 0 radical (unpaired) electrons. The van der Waals surface area contributed by atoms with Crippen LogP contribution in [0.3, 0.4) is 0 Å². The summed E-state index contributed by atoms with van der Waals surface area (Å²) < 4.78 is 2.01. The molecule has 0 saturated heterocycles. The highest BCUT2D eigenvalue weighted by Crippen LogP contribution is 2.41. The van der Waals surface area contributed by atoms with E-state index >= 15 is 0 Å². The third-order valence-electron chi connectivity index (χ3n) is 8.41. The number of carbonyl (C=O) groups excluding carboxylic acids is 2. The number of nitrogens with zero attached hydrogens (tertiary/aromatic N) is 3. The van der Waals surface area contributed by atoms with Gasteiger partial charge in [-0.3, -0.25) is 14.5 Å². The summed E-state index contributed by atoms with van der Waals surface area (Å²) in [5, 5.41) is 6.75. The van der Waals surface area contributed by atoms with Crippen molar-refractivity contribution in [2.75, 3.05) is 6.54 Å². The number of aromatic nitrogens is 2. The zero-order valence-electron chi connectivity index (χ0n) is 24.9. The number of unbranched alkanes of at least 4 members (excludes halogenated alkanes) is 3. The van der Waals surface area contributed by atoms with Gasteiger partial charge in [0, 0.05) is 33.5 Å². The minimum Gasteiger partial charge on any atom is -0.274 e. The molecular weight excluding hydrogens is 563 g/mol. The van der Waals surface area contributed by atoms with Crippen molar-refractivity contribution in [1.29, 1.82) is 0 Å². The number of thiophene rings is 1. The van der Waals surface area contributed by atoms with E-state index in [0.717, 1.165) is 74.4 Å². The van der Waals surface area contributed by atoms with Crippen LogP contribution in [0, 0.1) is 6.92 Å². The smallest absolute Gasteiger partial charge is 0.261 e. The summed E-state index contributed by atoms with van der Waals surface area (Å²) in [6.07, 6.45) is 4.06. The quantitative estimate of drug-likeness (QED) is 0.124. The first-order chi connectivity index (χ1) is 21.5. The van der Waals surface area contributed by atoms with Crippen LogP contribution in [-0.4, -0.2) is 33.0 Å². The van der Waals surface area contributed by atoms with E-state index in [2.05, 4.69) is 68.4 Å². The maximum atomic E-state index is 13.5. The lowest BCUT2D eigenvalue weighted by molar-refractivity contribution is 0.0608. The van der Waals surface area contributed by atoms with Crippen molar-refractivity contribution in [2.45, 2.75) is 39.5 Å². The molecule has 0 atom stereocenters. The Morgan fingerprint density at radius 2 is 1.43 bits per heavy atom. The summed E-state index contributed by atoms with van der Waals surface area (Å²) in [5.41, 5.74) is 7.47. The molecule has 4 aromatic carbocycles. The van der Waals surface area contributed by atoms with Crippen LogP contribution in [0.15, 0.2) is 103 Å². The second kappa shape index (κ2) is 11.7. The first-order valence-electron chi connectivity index (χ1n) is 15.3. The molecule has 44 heavy (non-hydrogen) atoms. The standard InChI is InChI=1S/C38H33N3O2S/c1-3-4-5-9-23-40-37(42)30-14-10-13-29-28(19-20-31(36(29)30)38(40)43)34-21-22-35(44-34)32-24-33(26-17-15-25(2)16-18-26)41(39-32)27-11-7-6-8-12-27/h6-8,10-22,24H,3-5,9,23H2,1-2H3. The van der Waals surface area contributed by atoms with Gasteiger partial charge in [-0.05, 0) is 66.8 Å². The third kappa shape index (κ3) is 4.95. The van der Waals surface area contributed by atoms with Gasteiger partial charge >= 0.3 is 0 Å². The summed E-state index contributed by atoms with van der Waals surface area (Å²) in [4.78, 5) is 30.5. The van der Waals surface area contributed by atoms with Gasteiger partial charge in [-0.25, -0.2) is 4.68 Å². The van der Waals surface area contributed by atoms with E-state index in [1.165, 1.54) is 10.5 Å². The highest BCUT2D eigenvalue weighted by Gasteiger charge is 2.33. The van der Waals surface area contributed by atoms with Gasteiger partial charge in [0.1, 0.15) is 5.69 Å². The summed E-state index contributed by atoms with van der Waals surface area (Å²) in [6.45, 7) is 4.71. The average Bonchev–Trinajstić information content (AvgIpc) is 3.72. The minimum absolute atomic E-state index is 0.191. The molecule has 1 aliphatic rings. The topological polar surface area (TPSA) is 55.2 Å². The Bertz CT molecular complexity index is 1980. The number of imide groups is 1. The third-order valence-corrected chi connectivity index (χ3v) is 9.55. The summed E-state index contributed by atoms with van der Waals surface area (Å²) in [6, 6.07) is 34.8. The summed E-state index contributed by atoms with van der Waals surface area (Å²) >= 11 is 1.67. The van der Waals surface area contributed by atoms with Gasteiger partial charge in [-0.1, -0.05) is 92.4 Å². The number of aryl methyl sites for hydroxylation is 1. The van der Waals surface area contributed by atoms with Gasteiger partial charge in [-0.15, -0.1) is 11.3 Å². The number of hydrogen-bond acceptors (Lipinski definition) is 4. The zero-order valence-corrected chi connectivity index (χ0v) is 25.7. The fraction of sp³-hybridized carbons (Fsp3) is 0.184. The SMILES string of the molecule is CCCCCCN1C(=O)c2cccc3c(-c4ccc(-c5cc(-c6ccc(C)cc6)n(-c6ccccc6)n5)s4)ccc(c23)C1=O. The molecule has 6 heteroatoms. The fourth-order valence-corrected chi connectivity index (χ4v) is 7.08. The average molecular weight is 596 g/mol. The Labute approximate surface area is 261 Å². The van der Waals surface area contributed by atoms with Crippen molar-refractivity contribution in [3.63, 3.8) is 0 Å². The van der Waals surface area contributed by atoms with E-state index in [0.29, 0.717) is 17.7 Å².